The number of nitrogens with zero attached hydrogens (tertiary/aromatic N) is 2. The standard InChI is InChI=1S/C15H32BN3O4/c1-14(2,9-18(3)4)10-19-8-12(6-5-7-16(22)23)15(17,11-19)13(20)21/h12,22-23H,5-11,17H2,1-4H3,(H,20,21)/t12-,15-/m0/s1. The van der Waals surface area contributed by atoms with E-state index in [-0.39, 0.29) is 17.7 Å². The summed E-state index contributed by atoms with van der Waals surface area (Å²) in [6, 6.07) is 0. The second-order valence-corrected chi connectivity index (χ2v) is 8.03. The third-order valence-corrected chi connectivity index (χ3v) is 4.50. The Bertz CT molecular complexity index is 406. The number of nitrogens with two attached hydrogens (primary N) is 1. The van der Waals surface area contributed by atoms with Gasteiger partial charge in [0.1, 0.15) is 5.54 Å². The van der Waals surface area contributed by atoms with E-state index in [0.29, 0.717) is 25.9 Å². The Morgan fingerprint density at radius 1 is 1.43 bits per heavy atom. The van der Waals surface area contributed by atoms with Gasteiger partial charge in [-0.05, 0) is 32.3 Å². The first-order valence-electron chi connectivity index (χ1n) is 8.22. The second-order valence-electron chi connectivity index (χ2n) is 8.03. The first kappa shape index (κ1) is 20.4. The highest BCUT2D eigenvalue weighted by Crippen LogP contribution is 2.32. The molecule has 134 valence electrons. The summed E-state index contributed by atoms with van der Waals surface area (Å²) < 4.78 is 0. The zero-order valence-corrected chi connectivity index (χ0v) is 14.8. The maximum atomic E-state index is 11.7. The van der Waals surface area contributed by atoms with E-state index in [9.17, 15) is 9.90 Å². The minimum atomic E-state index is -1.34. The number of hydrogen-bond acceptors (Lipinski definition) is 6. The highest BCUT2D eigenvalue weighted by Gasteiger charge is 2.49. The van der Waals surface area contributed by atoms with E-state index in [2.05, 4.69) is 23.6 Å². The number of hydrogen-bond donors (Lipinski definition) is 4. The molecule has 5 N–H and O–H groups in total. The van der Waals surface area contributed by atoms with Crippen LogP contribution < -0.4 is 5.73 Å². The molecule has 1 aliphatic heterocycles. The maximum absolute atomic E-state index is 11.7. The minimum Gasteiger partial charge on any atom is -0.480 e. The summed E-state index contributed by atoms with van der Waals surface area (Å²) in [7, 11) is 2.71. The summed E-state index contributed by atoms with van der Waals surface area (Å²) in [4.78, 5) is 15.9. The zero-order chi connectivity index (χ0) is 17.8. The first-order chi connectivity index (χ1) is 10.5. The summed E-state index contributed by atoms with van der Waals surface area (Å²) in [5, 5.41) is 27.4. The van der Waals surface area contributed by atoms with Crippen LogP contribution in [0.25, 0.3) is 0 Å². The van der Waals surface area contributed by atoms with Crippen molar-refractivity contribution in [3.8, 4) is 0 Å². The average molecular weight is 329 g/mol. The predicted molar refractivity (Wildman–Crippen MR) is 91.1 cm³/mol. The zero-order valence-electron chi connectivity index (χ0n) is 14.8. The largest absolute Gasteiger partial charge is 0.480 e. The molecule has 1 aliphatic rings. The summed E-state index contributed by atoms with van der Waals surface area (Å²) in [6.45, 7) is 7.02. The third kappa shape index (κ3) is 6.04. The van der Waals surface area contributed by atoms with Gasteiger partial charge in [0.25, 0.3) is 0 Å². The molecule has 1 rings (SSSR count). The molecule has 0 bridgehead atoms. The lowest BCUT2D eigenvalue weighted by molar-refractivity contribution is -0.144. The lowest BCUT2D eigenvalue weighted by Gasteiger charge is -2.33. The molecule has 0 aromatic heterocycles. The molecule has 1 heterocycles. The Balaban J connectivity index is 2.70. The van der Waals surface area contributed by atoms with Crippen LogP contribution in [0.15, 0.2) is 0 Å². The molecular weight excluding hydrogens is 297 g/mol. The van der Waals surface area contributed by atoms with Crippen LogP contribution >= 0.6 is 0 Å². The third-order valence-electron chi connectivity index (χ3n) is 4.50. The molecule has 0 aromatic rings. The van der Waals surface area contributed by atoms with Gasteiger partial charge < -0.3 is 25.8 Å². The van der Waals surface area contributed by atoms with Gasteiger partial charge in [0.15, 0.2) is 0 Å². The molecule has 23 heavy (non-hydrogen) atoms. The quantitative estimate of drug-likeness (QED) is 0.424. The van der Waals surface area contributed by atoms with E-state index in [1.165, 1.54) is 0 Å². The maximum Gasteiger partial charge on any atom is 0.451 e. The Morgan fingerprint density at radius 3 is 2.52 bits per heavy atom. The van der Waals surface area contributed by atoms with Gasteiger partial charge in [0, 0.05) is 32.1 Å². The van der Waals surface area contributed by atoms with Crippen molar-refractivity contribution in [3.05, 3.63) is 0 Å². The summed E-state index contributed by atoms with van der Waals surface area (Å²) in [6.07, 6.45) is 1.40. The molecule has 0 radical (unpaired) electrons. The number of likely N-dealkylation sites (tertiary alicyclic amines) is 1. The van der Waals surface area contributed by atoms with Crippen LogP contribution in [0, 0.1) is 11.3 Å². The van der Waals surface area contributed by atoms with Crippen LogP contribution in [0.2, 0.25) is 6.32 Å². The SMILES string of the molecule is CN(C)CC(C)(C)CN1C[C@H](CCCB(O)O)[C@](N)(C(=O)O)C1. The number of aliphatic carboxylic acids is 1. The molecule has 0 unspecified atom stereocenters. The molecule has 0 aliphatic carbocycles. The van der Waals surface area contributed by atoms with Gasteiger partial charge in [0.2, 0.25) is 0 Å². The van der Waals surface area contributed by atoms with Gasteiger partial charge in [0.05, 0.1) is 0 Å². The van der Waals surface area contributed by atoms with Gasteiger partial charge >= 0.3 is 13.1 Å². The summed E-state index contributed by atoms with van der Waals surface area (Å²) >= 11 is 0. The molecular formula is C15H32BN3O4. The van der Waals surface area contributed by atoms with E-state index >= 15 is 0 Å². The topological polar surface area (TPSA) is 110 Å². The molecule has 1 fully saturated rings. The van der Waals surface area contributed by atoms with Crippen LogP contribution in [0.5, 0.6) is 0 Å². The van der Waals surface area contributed by atoms with Crippen LogP contribution in [0.3, 0.4) is 0 Å². The van der Waals surface area contributed by atoms with E-state index in [1.807, 2.05) is 14.1 Å². The number of carboxylic acid groups (broad SMARTS) is 1. The first-order valence-corrected chi connectivity index (χ1v) is 8.22. The normalized spacial score (nSPS) is 26.0. The van der Waals surface area contributed by atoms with Crippen LogP contribution in [-0.2, 0) is 4.79 Å². The van der Waals surface area contributed by atoms with Crippen molar-refractivity contribution < 1.29 is 19.9 Å². The molecule has 7 nitrogen and oxygen atoms in total. The van der Waals surface area contributed by atoms with Crippen molar-refractivity contribution >= 4 is 13.1 Å². The average Bonchev–Trinajstić information content (AvgIpc) is 2.64. The van der Waals surface area contributed by atoms with Crippen molar-refractivity contribution in [3.63, 3.8) is 0 Å². The number of carboxylic acids is 1. The van der Waals surface area contributed by atoms with Crippen molar-refractivity contribution in [1.82, 2.24) is 9.80 Å². The highest BCUT2D eigenvalue weighted by molar-refractivity contribution is 6.40. The van der Waals surface area contributed by atoms with Gasteiger partial charge in [-0.1, -0.05) is 20.3 Å². The lowest BCUT2D eigenvalue weighted by Crippen LogP contribution is -2.55. The van der Waals surface area contributed by atoms with E-state index in [4.69, 9.17) is 15.8 Å². The van der Waals surface area contributed by atoms with Gasteiger partial charge in [-0.2, -0.15) is 0 Å². The minimum absolute atomic E-state index is 0.0408. The van der Waals surface area contributed by atoms with E-state index < -0.39 is 18.6 Å². The highest BCUT2D eigenvalue weighted by atomic mass is 16.4. The molecule has 0 spiro atoms. The van der Waals surface area contributed by atoms with Crippen molar-refractivity contribution in [2.75, 3.05) is 40.3 Å². The van der Waals surface area contributed by atoms with Crippen molar-refractivity contribution in [2.45, 2.75) is 38.5 Å². The molecule has 1 saturated heterocycles. The fourth-order valence-electron chi connectivity index (χ4n) is 3.81. The fraction of sp³-hybridized carbons (Fsp3) is 0.933. The monoisotopic (exact) mass is 329 g/mol. The van der Waals surface area contributed by atoms with Crippen LogP contribution in [0.4, 0.5) is 0 Å². The van der Waals surface area contributed by atoms with Gasteiger partial charge in [-0.25, -0.2) is 0 Å². The Morgan fingerprint density at radius 2 is 2.04 bits per heavy atom. The summed E-state index contributed by atoms with van der Waals surface area (Å²) in [5.41, 5.74) is 4.98. The molecule has 0 saturated carbocycles. The van der Waals surface area contributed by atoms with Gasteiger partial charge in [-0.15, -0.1) is 0 Å². The molecule has 8 heteroatoms. The Hall–Kier alpha value is -0.665. The Labute approximate surface area is 139 Å². The smallest absolute Gasteiger partial charge is 0.451 e. The van der Waals surface area contributed by atoms with Crippen molar-refractivity contribution in [1.29, 1.82) is 0 Å². The van der Waals surface area contributed by atoms with E-state index in [1.54, 1.807) is 0 Å². The van der Waals surface area contributed by atoms with Crippen LogP contribution in [0.1, 0.15) is 26.7 Å². The molecule has 0 aromatic carbocycles. The van der Waals surface area contributed by atoms with Crippen LogP contribution in [-0.4, -0.2) is 83.9 Å². The molecule has 0 amide bonds. The second kappa shape index (κ2) is 7.94. The van der Waals surface area contributed by atoms with Crippen molar-refractivity contribution in [2.24, 2.45) is 17.1 Å². The molecule has 2 atom stereocenters. The predicted octanol–water partition coefficient (Wildman–Crippen LogP) is -0.459. The summed E-state index contributed by atoms with van der Waals surface area (Å²) in [5.74, 6) is -1.14. The Kier molecular flexibility index (Phi) is 7.03. The van der Waals surface area contributed by atoms with Gasteiger partial charge in [-0.3, -0.25) is 9.69 Å². The number of carbonyl (C=O) groups is 1. The lowest BCUT2D eigenvalue weighted by atomic mass is 9.78. The fourth-order valence-corrected chi connectivity index (χ4v) is 3.81. The number of rotatable bonds is 9. The van der Waals surface area contributed by atoms with E-state index in [0.717, 1.165) is 13.1 Å².